The van der Waals surface area contributed by atoms with Gasteiger partial charge in [0.05, 0.1) is 0 Å². The number of aliphatic carboxylic acids is 2. The van der Waals surface area contributed by atoms with Gasteiger partial charge in [-0.25, -0.2) is 4.79 Å². The molecule has 0 aliphatic rings. The van der Waals surface area contributed by atoms with Crippen LogP contribution in [0.5, 0.6) is 0 Å². The maximum Gasteiger partial charge on any atom is 0.326 e. The largest absolute Gasteiger partial charge is 0.481 e. The van der Waals surface area contributed by atoms with Gasteiger partial charge in [-0.15, -0.1) is 11.3 Å². The molecule has 0 bridgehead atoms. The Balaban J connectivity index is 2.46. The molecule has 1 atom stereocenters. The predicted octanol–water partition coefficient (Wildman–Crippen LogP) is 1.59. The second kappa shape index (κ2) is 8.11. The molecule has 0 saturated carbocycles. The van der Waals surface area contributed by atoms with Crippen LogP contribution in [0.1, 0.15) is 24.1 Å². The number of carboxylic acids is 2. The summed E-state index contributed by atoms with van der Waals surface area (Å²) in [6.45, 7) is 0. The lowest BCUT2D eigenvalue weighted by molar-refractivity contribution is -0.142. The minimum atomic E-state index is -1.17. The lowest BCUT2D eigenvalue weighted by Gasteiger charge is -2.12. The number of carbonyl (C=O) groups is 3. The molecular weight excluding hydrogens is 282 g/mol. The van der Waals surface area contributed by atoms with Crippen molar-refractivity contribution in [1.29, 1.82) is 0 Å². The van der Waals surface area contributed by atoms with Gasteiger partial charge in [0.25, 0.3) is 0 Å². The number of rotatable bonds is 8. The summed E-state index contributed by atoms with van der Waals surface area (Å²) in [6.07, 6.45) is 3.02. The molecular formula is C13H15NO5S. The van der Waals surface area contributed by atoms with E-state index in [0.717, 1.165) is 4.88 Å². The second-order valence-electron chi connectivity index (χ2n) is 4.03. The van der Waals surface area contributed by atoms with Crippen molar-refractivity contribution in [3.63, 3.8) is 0 Å². The molecule has 1 amide bonds. The highest BCUT2D eigenvalue weighted by molar-refractivity contribution is 7.10. The lowest BCUT2D eigenvalue weighted by atomic mass is 10.1. The van der Waals surface area contributed by atoms with Gasteiger partial charge in [0.2, 0.25) is 5.91 Å². The minimum absolute atomic E-state index is 0.0835. The maximum absolute atomic E-state index is 11.6. The van der Waals surface area contributed by atoms with Crippen molar-refractivity contribution in [3.8, 4) is 0 Å². The fourth-order valence-electron chi connectivity index (χ4n) is 1.48. The first-order valence-corrected chi connectivity index (χ1v) is 6.83. The molecule has 7 heteroatoms. The summed E-state index contributed by atoms with van der Waals surface area (Å²) < 4.78 is 0. The third-order valence-corrected chi connectivity index (χ3v) is 3.28. The van der Waals surface area contributed by atoms with Gasteiger partial charge in [0.15, 0.2) is 0 Å². The highest BCUT2D eigenvalue weighted by atomic mass is 32.1. The van der Waals surface area contributed by atoms with Crippen molar-refractivity contribution in [2.45, 2.75) is 25.3 Å². The van der Waals surface area contributed by atoms with Crippen LogP contribution in [-0.2, 0) is 14.4 Å². The van der Waals surface area contributed by atoms with Crippen LogP contribution < -0.4 is 5.32 Å². The number of thiophene rings is 1. The third kappa shape index (κ3) is 6.14. The van der Waals surface area contributed by atoms with Gasteiger partial charge in [0.1, 0.15) is 6.04 Å². The van der Waals surface area contributed by atoms with Gasteiger partial charge < -0.3 is 15.5 Å². The van der Waals surface area contributed by atoms with Gasteiger partial charge in [-0.3, -0.25) is 9.59 Å². The third-order valence-electron chi connectivity index (χ3n) is 2.44. The van der Waals surface area contributed by atoms with Crippen molar-refractivity contribution in [3.05, 3.63) is 28.5 Å². The van der Waals surface area contributed by atoms with Gasteiger partial charge in [-0.05, 0) is 30.4 Å². The van der Waals surface area contributed by atoms with E-state index >= 15 is 0 Å². The molecule has 0 radical (unpaired) electrons. The zero-order valence-corrected chi connectivity index (χ0v) is 11.4. The topological polar surface area (TPSA) is 104 Å². The smallest absolute Gasteiger partial charge is 0.326 e. The highest BCUT2D eigenvalue weighted by Crippen LogP contribution is 2.10. The lowest BCUT2D eigenvalue weighted by Crippen LogP contribution is -2.39. The van der Waals surface area contributed by atoms with E-state index < -0.39 is 23.9 Å². The first-order valence-electron chi connectivity index (χ1n) is 5.95. The van der Waals surface area contributed by atoms with E-state index in [1.54, 1.807) is 6.08 Å². The Kier molecular flexibility index (Phi) is 6.45. The normalized spacial score (nSPS) is 12.2. The molecule has 0 spiro atoms. The molecule has 1 aromatic heterocycles. The average molecular weight is 297 g/mol. The summed E-state index contributed by atoms with van der Waals surface area (Å²) in [6, 6.07) is 2.60. The SMILES string of the molecule is O=C(O)CCC[C@@H](NC(=O)/C=C/c1cccs1)C(=O)O. The van der Waals surface area contributed by atoms with Crippen LogP contribution in [0.25, 0.3) is 6.08 Å². The van der Waals surface area contributed by atoms with E-state index in [1.807, 2.05) is 17.5 Å². The first-order chi connectivity index (χ1) is 9.49. The quantitative estimate of drug-likeness (QED) is 0.632. The van der Waals surface area contributed by atoms with E-state index in [9.17, 15) is 14.4 Å². The zero-order valence-electron chi connectivity index (χ0n) is 10.6. The molecule has 0 fully saturated rings. The summed E-state index contributed by atoms with van der Waals surface area (Å²) in [5, 5.41) is 21.7. The molecule has 0 aliphatic heterocycles. The van der Waals surface area contributed by atoms with Gasteiger partial charge in [-0.1, -0.05) is 6.07 Å². The summed E-state index contributed by atoms with van der Waals surface area (Å²) >= 11 is 1.46. The standard InChI is InChI=1S/C13H15NO5S/c15-11(7-6-9-3-2-8-20-9)14-10(13(18)19)4-1-5-12(16)17/h2-3,6-8,10H,1,4-5H2,(H,14,15)(H,16,17)(H,18,19)/b7-6+/t10-/m1/s1. The predicted molar refractivity (Wildman–Crippen MR) is 74.4 cm³/mol. The molecule has 0 unspecified atom stereocenters. The molecule has 20 heavy (non-hydrogen) atoms. The van der Waals surface area contributed by atoms with Crippen LogP contribution in [0.2, 0.25) is 0 Å². The van der Waals surface area contributed by atoms with Gasteiger partial charge in [0, 0.05) is 17.4 Å². The van der Waals surface area contributed by atoms with Crippen LogP contribution in [-0.4, -0.2) is 34.1 Å². The molecule has 3 N–H and O–H groups in total. The van der Waals surface area contributed by atoms with Crippen LogP contribution >= 0.6 is 11.3 Å². The molecule has 0 aliphatic carbocycles. The van der Waals surface area contributed by atoms with E-state index in [2.05, 4.69) is 5.32 Å². The number of amides is 1. The Labute approximate surface area is 119 Å². The average Bonchev–Trinajstić information content (AvgIpc) is 2.87. The fraction of sp³-hybridized carbons (Fsp3) is 0.308. The summed E-state index contributed by atoms with van der Waals surface area (Å²) in [7, 11) is 0. The molecule has 108 valence electrons. The van der Waals surface area contributed by atoms with E-state index in [4.69, 9.17) is 10.2 Å². The summed E-state index contributed by atoms with van der Waals surface area (Å²) in [4.78, 5) is 33.8. The van der Waals surface area contributed by atoms with Gasteiger partial charge >= 0.3 is 11.9 Å². The van der Waals surface area contributed by atoms with E-state index in [0.29, 0.717) is 0 Å². The maximum atomic E-state index is 11.6. The Hall–Kier alpha value is -2.15. The first kappa shape index (κ1) is 15.9. The number of carbonyl (C=O) groups excluding carboxylic acids is 1. The minimum Gasteiger partial charge on any atom is -0.481 e. The Morgan fingerprint density at radius 2 is 2.10 bits per heavy atom. The van der Waals surface area contributed by atoms with Gasteiger partial charge in [-0.2, -0.15) is 0 Å². The summed E-state index contributed by atoms with van der Waals surface area (Å²) in [5.74, 6) is -2.67. The van der Waals surface area contributed by atoms with Crippen molar-refractivity contribution >= 4 is 35.3 Å². The number of hydrogen-bond acceptors (Lipinski definition) is 4. The molecule has 1 aromatic rings. The van der Waals surface area contributed by atoms with Crippen LogP contribution in [0, 0.1) is 0 Å². The second-order valence-corrected chi connectivity index (χ2v) is 5.01. The van der Waals surface area contributed by atoms with Crippen molar-refractivity contribution < 1.29 is 24.6 Å². The van der Waals surface area contributed by atoms with Crippen LogP contribution in [0.4, 0.5) is 0 Å². The highest BCUT2D eigenvalue weighted by Gasteiger charge is 2.18. The Morgan fingerprint density at radius 1 is 1.35 bits per heavy atom. The molecule has 0 aromatic carbocycles. The summed E-state index contributed by atoms with van der Waals surface area (Å²) in [5.41, 5.74) is 0. The molecule has 1 heterocycles. The molecule has 1 rings (SSSR count). The monoisotopic (exact) mass is 297 g/mol. The van der Waals surface area contributed by atoms with Crippen LogP contribution in [0.15, 0.2) is 23.6 Å². The number of carboxylic acid groups (broad SMARTS) is 2. The van der Waals surface area contributed by atoms with Crippen molar-refractivity contribution in [1.82, 2.24) is 5.32 Å². The Morgan fingerprint density at radius 3 is 2.65 bits per heavy atom. The van der Waals surface area contributed by atoms with Crippen LogP contribution in [0.3, 0.4) is 0 Å². The Bertz CT molecular complexity index is 495. The van der Waals surface area contributed by atoms with Crippen molar-refractivity contribution in [2.75, 3.05) is 0 Å². The molecule has 6 nitrogen and oxygen atoms in total. The van der Waals surface area contributed by atoms with E-state index in [1.165, 1.54) is 17.4 Å². The molecule has 0 saturated heterocycles. The number of nitrogens with one attached hydrogen (secondary N) is 1. The van der Waals surface area contributed by atoms with Crippen molar-refractivity contribution in [2.24, 2.45) is 0 Å². The fourth-order valence-corrected chi connectivity index (χ4v) is 2.10. The zero-order chi connectivity index (χ0) is 15.0. The van der Waals surface area contributed by atoms with E-state index in [-0.39, 0.29) is 19.3 Å². The number of hydrogen-bond donors (Lipinski definition) is 3.